The van der Waals surface area contributed by atoms with Crippen LogP contribution in [0.4, 0.5) is 0 Å². The third kappa shape index (κ3) is 6.47. The number of rotatable bonds is 6. The van der Waals surface area contributed by atoms with Crippen LogP contribution in [0, 0.1) is 5.92 Å². The van der Waals surface area contributed by atoms with Gasteiger partial charge in [0, 0.05) is 19.2 Å². The SMILES string of the molecule is CCOC(=O)/C=C/CN(C)CC1CCCCC1. The van der Waals surface area contributed by atoms with Gasteiger partial charge in [0.25, 0.3) is 0 Å². The van der Waals surface area contributed by atoms with Crippen molar-refractivity contribution in [2.24, 2.45) is 5.92 Å². The van der Waals surface area contributed by atoms with Gasteiger partial charge in [-0.15, -0.1) is 0 Å². The lowest BCUT2D eigenvalue weighted by Crippen LogP contribution is -2.27. The number of hydrogen-bond acceptors (Lipinski definition) is 3. The van der Waals surface area contributed by atoms with E-state index in [9.17, 15) is 4.79 Å². The molecule has 0 heterocycles. The van der Waals surface area contributed by atoms with E-state index < -0.39 is 0 Å². The third-order valence-corrected chi connectivity index (χ3v) is 3.25. The number of carbonyl (C=O) groups is 1. The molecule has 0 radical (unpaired) electrons. The van der Waals surface area contributed by atoms with Crippen molar-refractivity contribution in [3.63, 3.8) is 0 Å². The van der Waals surface area contributed by atoms with E-state index in [0.29, 0.717) is 6.61 Å². The molecule has 17 heavy (non-hydrogen) atoms. The summed E-state index contributed by atoms with van der Waals surface area (Å²) in [6, 6.07) is 0. The van der Waals surface area contributed by atoms with Gasteiger partial charge in [-0.3, -0.25) is 0 Å². The Morgan fingerprint density at radius 1 is 1.35 bits per heavy atom. The predicted molar refractivity (Wildman–Crippen MR) is 69.8 cm³/mol. The van der Waals surface area contributed by atoms with E-state index in [0.717, 1.165) is 19.0 Å². The van der Waals surface area contributed by atoms with Gasteiger partial charge in [0.1, 0.15) is 0 Å². The van der Waals surface area contributed by atoms with Crippen LogP contribution in [0.5, 0.6) is 0 Å². The number of hydrogen-bond donors (Lipinski definition) is 0. The fourth-order valence-electron chi connectivity index (χ4n) is 2.40. The van der Waals surface area contributed by atoms with Crippen LogP contribution in [0.3, 0.4) is 0 Å². The number of carbonyl (C=O) groups excluding carboxylic acids is 1. The van der Waals surface area contributed by atoms with Crippen LogP contribution in [0.2, 0.25) is 0 Å². The first-order chi connectivity index (χ1) is 8.22. The predicted octanol–water partition coefficient (Wildman–Crippen LogP) is 2.62. The van der Waals surface area contributed by atoms with Gasteiger partial charge in [0.05, 0.1) is 6.61 Å². The summed E-state index contributed by atoms with van der Waals surface area (Å²) >= 11 is 0. The molecule has 0 unspecified atom stereocenters. The number of nitrogens with zero attached hydrogens (tertiary/aromatic N) is 1. The monoisotopic (exact) mass is 239 g/mol. The Morgan fingerprint density at radius 2 is 2.06 bits per heavy atom. The van der Waals surface area contributed by atoms with Crippen LogP contribution in [0.25, 0.3) is 0 Å². The zero-order chi connectivity index (χ0) is 12.5. The van der Waals surface area contributed by atoms with E-state index in [4.69, 9.17) is 4.74 Å². The Bertz CT molecular complexity index is 245. The van der Waals surface area contributed by atoms with Crippen LogP contribution >= 0.6 is 0 Å². The number of likely N-dealkylation sites (N-methyl/N-ethyl adjacent to an activating group) is 1. The molecule has 0 amide bonds. The van der Waals surface area contributed by atoms with Gasteiger partial charge in [-0.05, 0) is 32.7 Å². The minimum atomic E-state index is -0.237. The molecule has 0 aromatic carbocycles. The van der Waals surface area contributed by atoms with Crippen LogP contribution in [0.15, 0.2) is 12.2 Å². The zero-order valence-electron chi connectivity index (χ0n) is 11.2. The smallest absolute Gasteiger partial charge is 0.330 e. The van der Waals surface area contributed by atoms with Gasteiger partial charge in [-0.25, -0.2) is 4.79 Å². The van der Waals surface area contributed by atoms with Gasteiger partial charge in [-0.1, -0.05) is 25.3 Å². The van der Waals surface area contributed by atoms with Crippen molar-refractivity contribution in [3.05, 3.63) is 12.2 Å². The van der Waals surface area contributed by atoms with E-state index >= 15 is 0 Å². The largest absolute Gasteiger partial charge is 0.463 e. The minimum Gasteiger partial charge on any atom is -0.463 e. The van der Waals surface area contributed by atoms with Crippen LogP contribution in [-0.4, -0.2) is 37.6 Å². The zero-order valence-corrected chi connectivity index (χ0v) is 11.2. The lowest BCUT2D eigenvalue weighted by molar-refractivity contribution is -0.137. The molecule has 1 rings (SSSR count). The molecule has 0 aromatic heterocycles. The molecule has 98 valence electrons. The Balaban J connectivity index is 2.15. The maximum atomic E-state index is 11.1. The van der Waals surface area contributed by atoms with Crippen molar-refractivity contribution >= 4 is 5.97 Å². The minimum absolute atomic E-state index is 0.237. The fraction of sp³-hybridized carbons (Fsp3) is 0.786. The summed E-state index contributed by atoms with van der Waals surface area (Å²) in [6.07, 6.45) is 10.3. The molecule has 0 bridgehead atoms. The summed E-state index contributed by atoms with van der Waals surface area (Å²) in [4.78, 5) is 13.4. The lowest BCUT2D eigenvalue weighted by atomic mass is 9.89. The quantitative estimate of drug-likeness (QED) is 0.527. The van der Waals surface area contributed by atoms with Crippen molar-refractivity contribution in [3.8, 4) is 0 Å². The first-order valence-corrected chi connectivity index (χ1v) is 6.74. The topological polar surface area (TPSA) is 29.5 Å². The molecule has 0 aliphatic heterocycles. The Morgan fingerprint density at radius 3 is 2.71 bits per heavy atom. The molecule has 1 saturated carbocycles. The van der Waals surface area contributed by atoms with E-state index in [2.05, 4.69) is 11.9 Å². The van der Waals surface area contributed by atoms with E-state index in [1.165, 1.54) is 38.2 Å². The second-order valence-corrected chi connectivity index (χ2v) is 4.88. The van der Waals surface area contributed by atoms with Crippen molar-refractivity contribution in [2.45, 2.75) is 39.0 Å². The molecular formula is C14H25NO2. The number of esters is 1. The molecule has 3 heteroatoms. The summed E-state index contributed by atoms with van der Waals surface area (Å²) in [6.45, 7) is 4.24. The Hall–Kier alpha value is -0.830. The van der Waals surface area contributed by atoms with Gasteiger partial charge >= 0.3 is 5.97 Å². The normalized spacial score (nSPS) is 17.8. The molecule has 1 aliphatic rings. The first-order valence-electron chi connectivity index (χ1n) is 6.74. The van der Waals surface area contributed by atoms with Gasteiger partial charge in [-0.2, -0.15) is 0 Å². The lowest BCUT2D eigenvalue weighted by Gasteiger charge is -2.26. The highest BCUT2D eigenvalue weighted by atomic mass is 16.5. The first kappa shape index (κ1) is 14.2. The molecule has 0 aromatic rings. The molecule has 0 saturated heterocycles. The fourth-order valence-corrected chi connectivity index (χ4v) is 2.40. The van der Waals surface area contributed by atoms with Crippen molar-refractivity contribution < 1.29 is 9.53 Å². The number of ether oxygens (including phenoxy) is 1. The summed E-state index contributed by atoms with van der Waals surface area (Å²) < 4.78 is 4.83. The highest BCUT2D eigenvalue weighted by molar-refractivity contribution is 5.81. The molecule has 1 fully saturated rings. The molecule has 0 spiro atoms. The van der Waals surface area contributed by atoms with E-state index in [1.807, 2.05) is 13.0 Å². The van der Waals surface area contributed by atoms with Gasteiger partial charge in [0.15, 0.2) is 0 Å². The molecule has 3 nitrogen and oxygen atoms in total. The van der Waals surface area contributed by atoms with Gasteiger partial charge < -0.3 is 9.64 Å². The third-order valence-electron chi connectivity index (χ3n) is 3.25. The highest BCUT2D eigenvalue weighted by Crippen LogP contribution is 2.23. The summed E-state index contributed by atoms with van der Waals surface area (Å²) in [5, 5.41) is 0. The van der Waals surface area contributed by atoms with Gasteiger partial charge in [0.2, 0.25) is 0 Å². The van der Waals surface area contributed by atoms with Crippen LogP contribution in [0.1, 0.15) is 39.0 Å². The van der Waals surface area contributed by atoms with Crippen LogP contribution < -0.4 is 0 Å². The second-order valence-electron chi connectivity index (χ2n) is 4.88. The second kappa shape index (κ2) is 8.29. The summed E-state index contributed by atoms with van der Waals surface area (Å²) in [7, 11) is 2.12. The highest BCUT2D eigenvalue weighted by Gasteiger charge is 2.14. The van der Waals surface area contributed by atoms with E-state index in [-0.39, 0.29) is 5.97 Å². The maximum Gasteiger partial charge on any atom is 0.330 e. The molecule has 0 atom stereocenters. The van der Waals surface area contributed by atoms with Crippen molar-refractivity contribution in [1.82, 2.24) is 4.90 Å². The molecule has 1 aliphatic carbocycles. The summed E-state index contributed by atoms with van der Waals surface area (Å²) in [5.41, 5.74) is 0. The Labute approximate surface area is 105 Å². The average Bonchev–Trinajstić information content (AvgIpc) is 2.30. The maximum absolute atomic E-state index is 11.1. The standard InChI is InChI=1S/C14H25NO2/c1-3-17-14(16)10-7-11-15(2)12-13-8-5-4-6-9-13/h7,10,13H,3-6,8-9,11-12H2,1-2H3/b10-7+. The average molecular weight is 239 g/mol. The van der Waals surface area contributed by atoms with Crippen molar-refractivity contribution in [2.75, 3.05) is 26.7 Å². The summed E-state index contributed by atoms with van der Waals surface area (Å²) in [5.74, 6) is 0.614. The van der Waals surface area contributed by atoms with Crippen molar-refractivity contribution in [1.29, 1.82) is 0 Å². The van der Waals surface area contributed by atoms with Crippen LogP contribution in [-0.2, 0) is 9.53 Å². The Kier molecular flexibility index (Phi) is 6.94. The molecule has 0 N–H and O–H groups in total. The van der Waals surface area contributed by atoms with E-state index in [1.54, 1.807) is 0 Å². The molecular weight excluding hydrogens is 214 g/mol.